The number of nitrogens with zero attached hydrogens (tertiary/aromatic N) is 4. The number of aliphatic carboxylic acids is 2. The maximum absolute atomic E-state index is 13.3. The van der Waals surface area contributed by atoms with E-state index in [0.29, 0.717) is 36.8 Å². The van der Waals surface area contributed by atoms with Crippen LogP contribution >= 0.6 is 11.3 Å². The molecule has 3 aromatic rings. The van der Waals surface area contributed by atoms with Crippen molar-refractivity contribution in [1.29, 1.82) is 0 Å². The molecule has 1 saturated heterocycles. The van der Waals surface area contributed by atoms with E-state index in [1.54, 1.807) is 22.4 Å². The van der Waals surface area contributed by atoms with Gasteiger partial charge in [0.2, 0.25) is 0 Å². The number of aryl methyl sites for hydroxylation is 2. The first-order valence-electron chi connectivity index (χ1n) is 11.6. The molecule has 0 radical (unpaired) electrons. The second-order valence-corrected chi connectivity index (χ2v) is 9.98. The molecule has 9 nitrogen and oxygen atoms in total. The normalized spacial score (nSPS) is 16.4. The van der Waals surface area contributed by atoms with Crippen LogP contribution in [0.1, 0.15) is 54.4 Å². The molecule has 1 aliphatic heterocycles. The van der Waals surface area contributed by atoms with Crippen LogP contribution < -0.4 is 10.5 Å². The van der Waals surface area contributed by atoms with E-state index in [4.69, 9.17) is 10.1 Å². The van der Waals surface area contributed by atoms with Crippen molar-refractivity contribution in [1.82, 2.24) is 14.4 Å². The van der Waals surface area contributed by atoms with Crippen LogP contribution in [0.15, 0.2) is 34.6 Å². The molecule has 2 N–H and O–H groups in total. The summed E-state index contributed by atoms with van der Waals surface area (Å²) >= 11 is 1.64. The first-order valence-corrected chi connectivity index (χ1v) is 12.5. The average molecular weight is 497 g/mol. The number of hydrogen-bond acceptors (Lipinski definition) is 7. The Balaban J connectivity index is 1.69. The Morgan fingerprint density at radius 2 is 2.06 bits per heavy atom. The molecule has 1 fully saturated rings. The standard InChI is InChI=1S/C25H28N4O5S/c1-15(2)19-14-35-21(26-19)7-5-16-9-11-29-20(12-16)27-23(18(24(29)32)6-8-22(30)31)28-10-3-4-17(13-28)25(33)34/h6,8-9,11-12,14-15,17H,3-5,7,10,13H2,1-2H3,(H,30,31)(H,33,34)/b8-6+. The van der Waals surface area contributed by atoms with Crippen LogP contribution in [0.5, 0.6) is 0 Å². The van der Waals surface area contributed by atoms with Crippen LogP contribution in [-0.4, -0.2) is 49.6 Å². The van der Waals surface area contributed by atoms with Gasteiger partial charge >= 0.3 is 11.9 Å². The molecule has 0 aliphatic carbocycles. The van der Waals surface area contributed by atoms with Gasteiger partial charge in [-0.15, -0.1) is 11.3 Å². The van der Waals surface area contributed by atoms with Crippen molar-refractivity contribution < 1.29 is 19.8 Å². The van der Waals surface area contributed by atoms with Crippen LogP contribution in [0.25, 0.3) is 11.7 Å². The van der Waals surface area contributed by atoms with Crippen molar-refractivity contribution in [2.45, 2.75) is 45.4 Å². The van der Waals surface area contributed by atoms with Crippen LogP contribution in [0.3, 0.4) is 0 Å². The predicted molar refractivity (Wildman–Crippen MR) is 134 cm³/mol. The van der Waals surface area contributed by atoms with Crippen molar-refractivity contribution >= 4 is 40.8 Å². The van der Waals surface area contributed by atoms with Gasteiger partial charge in [-0.2, -0.15) is 0 Å². The van der Waals surface area contributed by atoms with Crippen molar-refractivity contribution in [3.63, 3.8) is 0 Å². The van der Waals surface area contributed by atoms with Gasteiger partial charge in [-0.3, -0.25) is 14.0 Å². The van der Waals surface area contributed by atoms with Crippen molar-refractivity contribution in [2.24, 2.45) is 5.92 Å². The first-order chi connectivity index (χ1) is 16.7. The third-order valence-corrected chi connectivity index (χ3v) is 7.09. The second-order valence-electron chi connectivity index (χ2n) is 9.03. The number of hydrogen-bond donors (Lipinski definition) is 2. The number of anilines is 1. The summed E-state index contributed by atoms with van der Waals surface area (Å²) in [6, 6.07) is 3.71. The fraction of sp³-hybridized carbons (Fsp3) is 0.400. The number of aromatic nitrogens is 3. The molecule has 1 aliphatic rings. The van der Waals surface area contributed by atoms with Gasteiger partial charge in [0.1, 0.15) is 11.5 Å². The zero-order chi connectivity index (χ0) is 25.1. The lowest BCUT2D eigenvalue weighted by atomic mass is 9.98. The number of carboxylic acid groups (broad SMARTS) is 2. The minimum absolute atomic E-state index is 0.132. The lowest BCUT2D eigenvalue weighted by Crippen LogP contribution is -2.40. The highest BCUT2D eigenvalue weighted by molar-refractivity contribution is 7.09. The molecule has 3 aromatic heterocycles. The number of thiazole rings is 1. The van der Waals surface area contributed by atoms with E-state index in [1.165, 1.54) is 10.5 Å². The highest BCUT2D eigenvalue weighted by atomic mass is 32.1. The molecule has 184 valence electrons. The van der Waals surface area contributed by atoms with Crippen LogP contribution in [-0.2, 0) is 22.4 Å². The van der Waals surface area contributed by atoms with Gasteiger partial charge in [0.25, 0.3) is 5.56 Å². The number of carbonyl (C=O) groups is 2. The smallest absolute Gasteiger partial charge is 0.328 e. The Hall–Kier alpha value is -3.53. The summed E-state index contributed by atoms with van der Waals surface area (Å²) in [5, 5.41) is 21.7. The quantitative estimate of drug-likeness (QED) is 0.454. The van der Waals surface area contributed by atoms with E-state index in [0.717, 1.165) is 35.2 Å². The van der Waals surface area contributed by atoms with Crippen LogP contribution in [0, 0.1) is 5.92 Å². The lowest BCUT2D eigenvalue weighted by molar-refractivity contribution is -0.142. The first kappa shape index (κ1) is 24.6. The van der Waals surface area contributed by atoms with E-state index >= 15 is 0 Å². The summed E-state index contributed by atoms with van der Waals surface area (Å²) < 4.78 is 1.40. The number of fused-ring (bicyclic) bond motifs is 1. The Morgan fingerprint density at radius 1 is 1.26 bits per heavy atom. The summed E-state index contributed by atoms with van der Waals surface area (Å²) in [7, 11) is 0. The second kappa shape index (κ2) is 10.4. The molecular formula is C25H28N4O5S. The van der Waals surface area contributed by atoms with E-state index in [1.807, 2.05) is 12.1 Å². The Labute approximate surface area is 206 Å². The van der Waals surface area contributed by atoms with Crippen molar-refractivity contribution in [3.05, 3.63) is 62.0 Å². The monoisotopic (exact) mass is 496 g/mol. The molecule has 4 rings (SSSR count). The summed E-state index contributed by atoms with van der Waals surface area (Å²) in [5.41, 5.74) is 2.26. The highest BCUT2D eigenvalue weighted by Crippen LogP contribution is 2.25. The number of piperidine rings is 1. The molecule has 4 heterocycles. The molecule has 0 bridgehead atoms. The zero-order valence-electron chi connectivity index (χ0n) is 19.7. The maximum Gasteiger partial charge on any atom is 0.328 e. The molecule has 35 heavy (non-hydrogen) atoms. The van der Waals surface area contributed by atoms with E-state index in [9.17, 15) is 19.5 Å². The molecule has 0 amide bonds. The predicted octanol–water partition coefficient (Wildman–Crippen LogP) is 3.46. The van der Waals surface area contributed by atoms with E-state index < -0.39 is 23.4 Å². The lowest BCUT2D eigenvalue weighted by Gasteiger charge is -2.32. The van der Waals surface area contributed by atoms with Gasteiger partial charge in [-0.05, 0) is 49.0 Å². The zero-order valence-corrected chi connectivity index (χ0v) is 20.5. The SMILES string of the molecule is CC(C)c1csc(CCc2ccn3c(=O)c(/C=C/C(=O)O)c(N4CCCC(C(=O)O)C4)nc3c2)n1. The van der Waals surface area contributed by atoms with E-state index in [-0.39, 0.29) is 12.1 Å². The fourth-order valence-corrected chi connectivity index (χ4v) is 5.17. The van der Waals surface area contributed by atoms with Crippen molar-refractivity contribution in [3.8, 4) is 0 Å². The van der Waals surface area contributed by atoms with Crippen LogP contribution in [0.4, 0.5) is 5.82 Å². The fourth-order valence-electron chi connectivity index (χ4n) is 4.21. The molecule has 0 aromatic carbocycles. The topological polar surface area (TPSA) is 125 Å². The number of carboxylic acids is 2. The minimum Gasteiger partial charge on any atom is -0.481 e. The van der Waals surface area contributed by atoms with Gasteiger partial charge < -0.3 is 15.1 Å². The van der Waals surface area contributed by atoms with Gasteiger partial charge in [0.05, 0.1) is 22.2 Å². The summed E-state index contributed by atoms with van der Waals surface area (Å²) in [5.74, 6) is -1.94. The molecule has 10 heteroatoms. The Bertz CT molecular complexity index is 1340. The number of pyridine rings is 1. The maximum atomic E-state index is 13.3. The van der Waals surface area contributed by atoms with Gasteiger partial charge in [0, 0.05) is 37.2 Å². The largest absolute Gasteiger partial charge is 0.481 e. The molecule has 1 unspecified atom stereocenters. The summed E-state index contributed by atoms with van der Waals surface area (Å²) in [6.45, 7) is 4.99. The molecular weight excluding hydrogens is 468 g/mol. The Kier molecular flexibility index (Phi) is 7.30. The third kappa shape index (κ3) is 5.59. The van der Waals surface area contributed by atoms with Crippen LogP contribution in [0.2, 0.25) is 0 Å². The number of rotatable bonds is 8. The molecule has 0 saturated carbocycles. The van der Waals surface area contributed by atoms with E-state index in [2.05, 4.69) is 24.2 Å². The van der Waals surface area contributed by atoms with Crippen molar-refractivity contribution in [2.75, 3.05) is 18.0 Å². The summed E-state index contributed by atoms with van der Waals surface area (Å²) in [4.78, 5) is 47.2. The molecule has 1 atom stereocenters. The third-order valence-electron chi connectivity index (χ3n) is 6.16. The van der Waals surface area contributed by atoms with Gasteiger partial charge in [-0.1, -0.05) is 13.8 Å². The average Bonchev–Trinajstić information content (AvgIpc) is 3.31. The minimum atomic E-state index is -1.18. The van der Waals surface area contributed by atoms with Gasteiger partial charge in [0.15, 0.2) is 0 Å². The molecule has 0 spiro atoms. The Morgan fingerprint density at radius 3 is 2.74 bits per heavy atom. The highest BCUT2D eigenvalue weighted by Gasteiger charge is 2.28. The summed E-state index contributed by atoms with van der Waals surface area (Å²) in [6.07, 6.45) is 6.51. The van der Waals surface area contributed by atoms with Gasteiger partial charge in [-0.25, -0.2) is 14.8 Å².